The average molecular weight is 433 g/mol. The van der Waals surface area contributed by atoms with Crippen molar-refractivity contribution < 1.29 is 19.3 Å². The first kappa shape index (κ1) is 18.7. The number of nitrogens with one attached hydrogen (secondary N) is 2. The van der Waals surface area contributed by atoms with Crippen molar-refractivity contribution in [1.82, 2.24) is 10.9 Å². The highest BCUT2D eigenvalue weighted by atomic mass is 79.9. The van der Waals surface area contributed by atoms with Gasteiger partial charge in [0.15, 0.2) is 0 Å². The number of hydrazine groups is 1. The fraction of sp³-hybridized carbons (Fsp3) is 0.118. The molecule has 0 spiro atoms. The van der Waals surface area contributed by atoms with Gasteiger partial charge in [0.05, 0.1) is 17.0 Å². The summed E-state index contributed by atoms with van der Waals surface area (Å²) in [4.78, 5) is 47.9. The van der Waals surface area contributed by atoms with Crippen LogP contribution in [0, 0.1) is 10.1 Å². The number of non-ortho nitro benzene ring substituents is 1. The van der Waals surface area contributed by atoms with E-state index in [0.29, 0.717) is 5.69 Å². The summed E-state index contributed by atoms with van der Waals surface area (Å²) >= 11 is 3.29. The molecule has 0 aromatic heterocycles. The standard InChI is InChI=1S/C17H13BrN4O5/c18-11-3-7-12(8-4-11)21-15(23)9-14(17(21)25)19-20-16(24)10-1-5-13(6-2-10)22(26)27/h1-8,14,19H,9H2,(H,20,24)/t14-/m0/s1. The van der Waals surface area contributed by atoms with Crippen molar-refractivity contribution in [2.45, 2.75) is 12.5 Å². The van der Waals surface area contributed by atoms with Gasteiger partial charge in [-0.3, -0.25) is 29.9 Å². The quantitative estimate of drug-likeness (QED) is 0.422. The van der Waals surface area contributed by atoms with Crippen molar-refractivity contribution >= 4 is 45.0 Å². The molecule has 0 bridgehead atoms. The fourth-order valence-electron chi connectivity index (χ4n) is 2.57. The summed E-state index contributed by atoms with van der Waals surface area (Å²) in [5.74, 6) is -1.44. The minimum Gasteiger partial charge on any atom is -0.287 e. The van der Waals surface area contributed by atoms with Crippen LogP contribution in [0.25, 0.3) is 0 Å². The number of carbonyl (C=O) groups excluding carboxylic acids is 3. The van der Waals surface area contributed by atoms with Crippen LogP contribution in [-0.2, 0) is 9.59 Å². The number of hydrogen-bond acceptors (Lipinski definition) is 6. The first-order chi connectivity index (χ1) is 12.9. The molecule has 10 heteroatoms. The van der Waals surface area contributed by atoms with Crippen LogP contribution < -0.4 is 15.8 Å². The maximum Gasteiger partial charge on any atom is 0.269 e. The Morgan fingerprint density at radius 2 is 1.74 bits per heavy atom. The van der Waals surface area contributed by atoms with Gasteiger partial charge in [0.1, 0.15) is 6.04 Å². The van der Waals surface area contributed by atoms with Gasteiger partial charge in [0, 0.05) is 22.2 Å². The van der Waals surface area contributed by atoms with Crippen LogP contribution in [0.3, 0.4) is 0 Å². The Hall–Kier alpha value is -3.11. The van der Waals surface area contributed by atoms with Gasteiger partial charge >= 0.3 is 0 Å². The maximum absolute atomic E-state index is 12.5. The zero-order valence-corrected chi connectivity index (χ0v) is 15.3. The third-order valence-corrected chi connectivity index (χ3v) is 4.46. The minimum atomic E-state index is -0.900. The highest BCUT2D eigenvalue weighted by molar-refractivity contribution is 9.10. The molecule has 138 valence electrons. The Balaban J connectivity index is 1.63. The second kappa shape index (κ2) is 7.64. The van der Waals surface area contributed by atoms with Gasteiger partial charge in [-0.2, -0.15) is 0 Å². The maximum atomic E-state index is 12.5. The molecular weight excluding hydrogens is 420 g/mol. The molecule has 3 amide bonds. The number of rotatable bonds is 5. The Bertz CT molecular complexity index is 914. The third kappa shape index (κ3) is 4.01. The number of halogens is 1. The average Bonchev–Trinajstić information content (AvgIpc) is 2.94. The molecule has 0 saturated carbocycles. The number of carbonyl (C=O) groups is 3. The van der Waals surface area contributed by atoms with E-state index < -0.39 is 22.8 Å². The number of hydrogen-bond donors (Lipinski definition) is 2. The minimum absolute atomic E-state index is 0.102. The van der Waals surface area contributed by atoms with E-state index in [2.05, 4.69) is 26.8 Å². The second-order valence-corrected chi connectivity index (χ2v) is 6.62. The van der Waals surface area contributed by atoms with Crippen LogP contribution >= 0.6 is 15.9 Å². The summed E-state index contributed by atoms with van der Waals surface area (Å²) in [6.07, 6.45) is -0.102. The predicted octanol–water partition coefficient (Wildman–Crippen LogP) is 1.92. The van der Waals surface area contributed by atoms with Gasteiger partial charge in [-0.15, -0.1) is 0 Å². The van der Waals surface area contributed by atoms with Gasteiger partial charge in [-0.1, -0.05) is 15.9 Å². The lowest BCUT2D eigenvalue weighted by Gasteiger charge is -2.16. The smallest absolute Gasteiger partial charge is 0.269 e. The lowest BCUT2D eigenvalue weighted by Crippen LogP contribution is -2.48. The zero-order chi connectivity index (χ0) is 19.6. The number of amides is 3. The largest absolute Gasteiger partial charge is 0.287 e. The Kier molecular flexibility index (Phi) is 5.28. The van der Waals surface area contributed by atoms with E-state index >= 15 is 0 Å². The van der Waals surface area contributed by atoms with E-state index in [4.69, 9.17) is 0 Å². The van der Waals surface area contributed by atoms with Crippen LogP contribution in [0.5, 0.6) is 0 Å². The van der Waals surface area contributed by atoms with Crippen LogP contribution in [0.1, 0.15) is 16.8 Å². The van der Waals surface area contributed by atoms with Gasteiger partial charge in [-0.25, -0.2) is 10.3 Å². The van der Waals surface area contributed by atoms with Crippen molar-refractivity contribution in [1.29, 1.82) is 0 Å². The van der Waals surface area contributed by atoms with Gasteiger partial charge in [-0.05, 0) is 36.4 Å². The molecule has 0 radical (unpaired) electrons. The van der Waals surface area contributed by atoms with Crippen molar-refractivity contribution in [3.8, 4) is 0 Å². The van der Waals surface area contributed by atoms with Crippen LogP contribution in [0.4, 0.5) is 11.4 Å². The highest BCUT2D eigenvalue weighted by Gasteiger charge is 2.39. The molecule has 9 nitrogen and oxygen atoms in total. The van der Waals surface area contributed by atoms with Crippen molar-refractivity contribution in [3.63, 3.8) is 0 Å². The Morgan fingerprint density at radius 1 is 1.11 bits per heavy atom. The Labute approximate surface area is 161 Å². The highest BCUT2D eigenvalue weighted by Crippen LogP contribution is 2.24. The van der Waals surface area contributed by atoms with E-state index in [9.17, 15) is 24.5 Å². The molecule has 1 aliphatic rings. The van der Waals surface area contributed by atoms with Crippen molar-refractivity contribution in [2.75, 3.05) is 4.90 Å². The molecule has 0 aliphatic carbocycles. The fourth-order valence-corrected chi connectivity index (χ4v) is 2.83. The summed E-state index contributed by atoms with van der Waals surface area (Å²) in [5, 5.41) is 10.6. The summed E-state index contributed by atoms with van der Waals surface area (Å²) in [7, 11) is 0. The predicted molar refractivity (Wildman–Crippen MR) is 98.7 cm³/mol. The number of imide groups is 1. The Morgan fingerprint density at radius 3 is 2.33 bits per heavy atom. The molecule has 1 atom stereocenters. The van der Waals surface area contributed by atoms with E-state index in [1.165, 1.54) is 24.3 Å². The van der Waals surface area contributed by atoms with E-state index in [0.717, 1.165) is 9.37 Å². The topological polar surface area (TPSA) is 122 Å². The van der Waals surface area contributed by atoms with Crippen LogP contribution in [0.15, 0.2) is 53.0 Å². The van der Waals surface area contributed by atoms with Gasteiger partial charge in [0.2, 0.25) is 5.91 Å². The summed E-state index contributed by atoms with van der Waals surface area (Å²) in [6.45, 7) is 0. The molecule has 2 aromatic carbocycles. The molecule has 2 N–H and O–H groups in total. The molecule has 27 heavy (non-hydrogen) atoms. The van der Waals surface area contributed by atoms with Gasteiger partial charge < -0.3 is 0 Å². The molecule has 1 aliphatic heterocycles. The number of benzene rings is 2. The van der Waals surface area contributed by atoms with E-state index in [1.54, 1.807) is 24.3 Å². The molecule has 2 aromatic rings. The van der Waals surface area contributed by atoms with Crippen LogP contribution in [-0.4, -0.2) is 28.7 Å². The molecule has 1 saturated heterocycles. The van der Waals surface area contributed by atoms with Crippen molar-refractivity contribution in [2.24, 2.45) is 0 Å². The lowest BCUT2D eigenvalue weighted by molar-refractivity contribution is -0.384. The summed E-state index contributed by atoms with van der Waals surface area (Å²) in [5.41, 5.74) is 5.39. The second-order valence-electron chi connectivity index (χ2n) is 5.70. The first-order valence-corrected chi connectivity index (χ1v) is 8.59. The number of anilines is 1. The third-order valence-electron chi connectivity index (χ3n) is 3.93. The number of nitro benzene ring substituents is 1. The number of nitrogens with zero attached hydrogens (tertiary/aromatic N) is 2. The summed E-state index contributed by atoms with van der Waals surface area (Å²) < 4.78 is 0.815. The molecule has 3 rings (SSSR count). The number of nitro groups is 1. The van der Waals surface area contributed by atoms with E-state index in [-0.39, 0.29) is 23.6 Å². The molecule has 0 unspecified atom stereocenters. The zero-order valence-electron chi connectivity index (χ0n) is 13.7. The van der Waals surface area contributed by atoms with E-state index in [1.807, 2.05) is 0 Å². The first-order valence-electron chi connectivity index (χ1n) is 7.79. The van der Waals surface area contributed by atoms with Crippen LogP contribution in [0.2, 0.25) is 0 Å². The SMILES string of the molecule is O=C(NN[C@H]1CC(=O)N(c2ccc(Br)cc2)C1=O)c1ccc([N+](=O)[O-])cc1. The normalized spacial score (nSPS) is 16.5. The molecular formula is C17H13BrN4O5. The summed E-state index contributed by atoms with van der Waals surface area (Å²) in [6, 6.07) is 10.8. The van der Waals surface area contributed by atoms with Crippen molar-refractivity contribution in [3.05, 3.63) is 68.7 Å². The monoisotopic (exact) mass is 432 g/mol. The lowest BCUT2D eigenvalue weighted by atomic mass is 10.2. The molecule has 1 fully saturated rings. The van der Waals surface area contributed by atoms with Gasteiger partial charge in [0.25, 0.3) is 17.5 Å². The molecule has 1 heterocycles.